The van der Waals surface area contributed by atoms with E-state index in [4.69, 9.17) is 9.84 Å². The van der Waals surface area contributed by atoms with Crippen molar-refractivity contribution in [3.8, 4) is 0 Å². The number of sulfone groups is 1. The zero-order valence-corrected chi connectivity index (χ0v) is 14.6. The van der Waals surface area contributed by atoms with Crippen LogP contribution in [0.5, 0.6) is 0 Å². The molecular formula is C16H23NO6S. The van der Waals surface area contributed by atoms with E-state index in [0.717, 1.165) is 6.42 Å². The highest BCUT2D eigenvalue weighted by Crippen LogP contribution is 2.14. The predicted octanol–water partition coefficient (Wildman–Crippen LogP) is 1.48. The average molecular weight is 357 g/mol. The topological polar surface area (TPSA) is 110 Å². The van der Waals surface area contributed by atoms with Crippen LogP contribution in [0.15, 0.2) is 29.2 Å². The first-order valence-electron chi connectivity index (χ1n) is 7.67. The van der Waals surface area contributed by atoms with Crippen LogP contribution in [0.4, 0.5) is 0 Å². The molecule has 0 bridgehead atoms. The van der Waals surface area contributed by atoms with Gasteiger partial charge in [0.15, 0.2) is 9.84 Å². The number of rotatable bonds is 10. The van der Waals surface area contributed by atoms with Crippen LogP contribution in [-0.4, -0.2) is 50.9 Å². The molecule has 0 aromatic heterocycles. The summed E-state index contributed by atoms with van der Waals surface area (Å²) < 4.78 is 28.9. The molecule has 2 N–H and O–H groups in total. The van der Waals surface area contributed by atoms with Crippen molar-refractivity contribution in [1.82, 2.24) is 5.32 Å². The Labute approximate surface area is 141 Å². The Morgan fingerprint density at radius 2 is 1.88 bits per heavy atom. The molecule has 7 nitrogen and oxygen atoms in total. The van der Waals surface area contributed by atoms with Gasteiger partial charge in [-0.05, 0) is 30.7 Å². The van der Waals surface area contributed by atoms with E-state index < -0.39 is 27.8 Å². The fourth-order valence-electron chi connectivity index (χ4n) is 2.00. The summed E-state index contributed by atoms with van der Waals surface area (Å²) in [7, 11) is -1.91. The molecule has 1 aromatic rings. The molecular weight excluding hydrogens is 334 g/mol. The fourth-order valence-corrected chi connectivity index (χ4v) is 3.46. The van der Waals surface area contributed by atoms with E-state index in [1.54, 1.807) is 0 Å². The number of carbonyl (C=O) groups is 2. The minimum absolute atomic E-state index is 0.0626. The molecule has 1 rings (SSSR count). The van der Waals surface area contributed by atoms with Gasteiger partial charge >= 0.3 is 5.97 Å². The number of methoxy groups -OCH3 is 1. The smallest absolute Gasteiger partial charge is 0.326 e. The first kappa shape index (κ1) is 20.1. The van der Waals surface area contributed by atoms with E-state index in [-0.39, 0.29) is 29.2 Å². The monoisotopic (exact) mass is 357 g/mol. The maximum absolute atomic E-state index is 12.1. The van der Waals surface area contributed by atoms with E-state index >= 15 is 0 Å². The first-order chi connectivity index (χ1) is 11.3. The Hall–Kier alpha value is -1.93. The SMILES string of the molecule is CCCCS(=O)(=O)c1ccc(C(=O)NC(CCOC)C(=O)O)cc1. The number of hydrogen-bond donors (Lipinski definition) is 2. The van der Waals surface area contributed by atoms with Crippen molar-refractivity contribution in [3.05, 3.63) is 29.8 Å². The van der Waals surface area contributed by atoms with Gasteiger partial charge in [0.2, 0.25) is 0 Å². The summed E-state index contributed by atoms with van der Waals surface area (Å²) in [5.41, 5.74) is 0.202. The largest absolute Gasteiger partial charge is 0.480 e. The number of hydrogen-bond acceptors (Lipinski definition) is 5. The fraction of sp³-hybridized carbons (Fsp3) is 0.500. The molecule has 0 aliphatic heterocycles. The highest BCUT2D eigenvalue weighted by molar-refractivity contribution is 7.91. The lowest BCUT2D eigenvalue weighted by Crippen LogP contribution is -2.41. The molecule has 0 aliphatic rings. The highest BCUT2D eigenvalue weighted by Gasteiger charge is 2.21. The summed E-state index contributed by atoms with van der Waals surface area (Å²) in [6.07, 6.45) is 1.49. The standard InChI is InChI=1S/C16H23NO6S/c1-3-4-11-24(21,22)13-7-5-12(6-8-13)15(18)17-14(16(19)20)9-10-23-2/h5-8,14H,3-4,9-11H2,1-2H3,(H,17,18)(H,19,20). The lowest BCUT2D eigenvalue weighted by Gasteiger charge is -2.14. The van der Waals surface area contributed by atoms with Gasteiger partial charge in [-0.3, -0.25) is 4.79 Å². The van der Waals surface area contributed by atoms with Crippen LogP contribution in [0.2, 0.25) is 0 Å². The van der Waals surface area contributed by atoms with Crippen molar-refractivity contribution in [1.29, 1.82) is 0 Å². The number of carboxylic acid groups (broad SMARTS) is 1. The van der Waals surface area contributed by atoms with Crippen molar-refractivity contribution in [3.63, 3.8) is 0 Å². The van der Waals surface area contributed by atoms with Gasteiger partial charge in [-0.2, -0.15) is 0 Å². The van der Waals surface area contributed by atoms with Crippen molar-refractivity contribution in [2.24, 2.45) is 0 Å². The maximum Gasteiger partial charge on any atom is 0.326 e. The van der Waals surface area contributed by atoms with E-state index in [1.165, 1.54) is 31.4 Å². The quantitative estimate of drug-likeness (QED) is 0.656. The molecule has 0 radical (unpaired) electrons. The zero-order valence-electron chi connectivity index (χ0n) is 13.8. The zero-order chi connectivity index (χ0) is 18.2. The van der Waals surface area contributed by atoms with E-state index in [1.807, 2.05) is 6.92 Å². The van der Waals surface area contributed by atoms with Crippen LogP contribution >= 0.6 is 0 Å². The van der Waals surface area contributed by atoms with Gasteiger partial charge in [0.25, 0.3) is 5.91 Å². The summed E-state index contributed by atoms with van der Waals surface area (Å²) in [4.78, 5) is 23.4. The van der Waals surface area contributed by atoms with E-state index in [0.29, 0.717) is 6.42 Å². The number of amides is 1. The summed E-state index contributed by atoms with van der Waals surface area (Å²) in [6.45, 7) is 2.11. The number of aliphatic carboxylic acids is 1. The molecule has 1 aromatic carbocycles. The molecule has 0 aliphatic carbocycles. The molecule has 0 fully saturated rings. The van der Waals surface area contributed by atoms with Gasteiger partial charge in [-0.25, -0.2) is 13.2 Å². The Morgan fingerprint density at radius 1 is 1.25 bits per heavy atom. The number of carbonyl (C=O) groups excluding carboxylic acids is 1. The molecule has 1 atom stereocenters. The first-order valence-corrected chi connectivity index (χ1v) is 9.32. The Balaban J connectivity index is 2.81. The third-order valence-electron chi connectivity index (χ3n) is 3.46. The van der Waals surface area contributed by atoms with Gasteiger partial charge in [-0.15, -0.1) is 0 Å². The van der Waals surface area contributed by atoms with E-state index in [2.05, 4.69) is 5.32 Å². The molecule has 0 saturated heterocycles. The Morgan fingerprint density at radius 3 is 2.38 bits per heavy atom. The van der Waals surface area contributed by atoms with Gasteiger partial charge in [0, 0.05) is 25.7 Å². The van der Waals surface area contributed by atoms with Crippen LogP contribution in [0.25, 0.3) is 0 Å². The minimum Gasteiger partial charge on any atom is -0.480 e. The second-order valence-corrected chi connectivity index (χ2v) is 7.45. The van der Waals surface area contributed by atoms with Gasteiger partial charge in [-0.1, -0.05) is 13.3 Å². The molecule has 0 saturated carbocycles. The second-order valence-electron chi connectivity index (χ2n) is 5.34. The third kappa shape index (κ3) is 5.93. The molecule has 1 amide bonds. The highest BCUT2D eigenvalue weighted by atomic mass is 32.2. The molecule has 0 heterocycles. The molecule has 8 heteroatoms. The average Bonchev–Trinajstić information content (AvgIpc) is 2.56. The molecule has 134 valence electrons. The van der Waals surface area contributed by atoms with Crippen LogP contribution in [0.3, 0.4) is 0 Å². The van der Waals surface area contributed by atoms with Crippen LogP contribution in [0.1, 0.15) is 36.5 Å². The summed E-state index contributed by atoms with van der Waals surface area (Å²) in [5, 5.41) is 11.5. The number of ether oxygens (including phenoxy) is 1. The van der Waals surface area contributed by atoms with Crippen molar-refractivity contribution >= 4 is 21.7 Å². The Bertz CT molecular complexity index is 654. The van der Waals surface area contributed by atoms with Gasteiger partial charge in [0.05, 0.1) is 10.6 Å². The lowest BCUT2D eigenvalue weighted by atomic mass is 10.1. The lowest BCUT2D eigenvalue weighted by molar-refractivity contribution is -0.139. The van der Waals surface area contributed by atoms with Gasteiger partial charge in [0.1, 0.15) is 6.04 Å². The van der Waals surface area contributed by atoms with E-state index in [9.17, 15) is 18.0 Å². The van der Waals surface area contributed by atoms with Crippen molar-refractivity contribution in [2.75, 3.05) is 19.5 Å². The van der Waals surface area contributed by atoms with Crippen molar-refractivity contribution < 1.29 is 27.9 Å². The predicted molar refractivity (Wildman–Crippen MR) is 88.8 cm³/mol. The summed E-state index contributed by atoms with van der Waals surface area (Å²) in [6, 6.07) is 4.42. The number of nitrogens with one attached hydrogen (secondary N) is 1. The summed E-state index contributed by atoms with van der Waals surface area (Å²) in [5.74, 6) is -1.66. The number of unbranched alkanes of at least 4 members (excludes halogenated alkanes) is 1. The van der Waals surface area contributed by atoms with Crippen LogP contribution in [0, 0.1) is 0 Å². The normalized spacial score (nSPS) is 12.6. The minimum atomic E-state index is -3.36. The molecule has 1 unspecified atom stereocenters. The van der Waals surface area contributed by atoms with Crippen molar-refractivity contribution in [2.45, 2.75) is 37.1 Å². The van der Waals surface area contributed by atoms with Gasteiger partial charge < -0.3 is 15.2 Å². The number of benzene rings is 1. The maximum atomic E-state index is 12.1. The van der Waals surface area contributed by atoms with Crippen LogP contribution in [-0.2, 0) is 19.4 Å². The Kier molecular flexibility index (Phi) is 7.87. The summed E-state index contributed by atoms with van der Waals surface area (Å²) >= 11 is 0. The third-order valence-corrected chi connectivity index (χ3v) is 5.27. The number of carboxylic acids is 1. The molecule has 0 spiro atoms. The van der Waals surface area contributed by atoms with Crippen LogP contribution < -0.4 is 5.32 Å². The molecule has 24 heavy (non-hydrogen) atoms. The second kappa shape index (κ2) is 9.39.